The number of benzene rings is 1. The van der Waals surface area contributed by atoms with Gasteiger partial charge in [-0.25, -0.2) is 17.2 Å². The third kappa shape index (κ3) is 4.27. The number of sulfone groups is 1. The number of aliphatic hydroxyl groups is 1. The van der Waals surface area contributed by atoms with Gasteiger partial charge in [0.2, 0.25) is 0 Å². The molecule has 0 bridgehead atoms. The van der Waals surface area contributed by atoms with E-state index in [1.165, 1.54) is 24.3 Å². The maximum Gasteiger partial charge on any atom is 0.178 e. The fourth-order valence-corrected chi connectivity index (χ4v) is 5.02. The minimum absolute atomic E-state index is 0.0233. The van der Waals surface area contributed by atoms with E-state index < -0.39 is 27.1 Å². The Morgan fingerprint density at radius 1 is 1.19 bits per heavy atom. The molecule has 1 fully saturated rings. The summed E-state index contributed by atoms with van der Waals surface area (Å²) in [6.07, 6.45) is 3.47. The molecule has 26 heavy (non-hydrogen) atoms. The first-order valence-electron chi connectivity index (χ1n) is 8.53. The number of rotatable bonds is 4. The van der Waals surface area contributed by atoms with Crippen LogP contribution in [-0.2, 0) is 9.84 Å². The zero-order valence-corrected chi connectivity index (χ0v) is 15.3. The largest absolute Gasteiger partial charge is 0.390 e. The van der Waals surface area contributed by atoms with Crippen LogP contribution in [0.15, 0.2) is 41.4 Å². The third-order valence-electron chi connectivity index (χ3n) is 4.93. The molecule has 1 aliphatic carbocycles. The van der Waals surface area contributed by atoms with E-state index in [0.717, 1.165) is 12.3 Å². The van der Waals surface area contributed by atoms with Gasteiger partial charge in [0.05, 0.1) is 22.4 Å². The van der Waals surface area contributed by atoms with Crippen molar-refractivity contribution in [2.24, 2.45) is 5.92 Å². The molecule has 0 atom stereocenters. The van der Waals surface area contributed by atoms with E-state index in [4.69, 9.17) is 0 Å². The van der Waals surface area contributed by atoms with Gasteiger partial charge in [0.1, 0.15) is 11.5 Å². The molecule has 140 valence electrons. The molecular weight excluding hydrogens is 360 g/mol. The lowest BCUT2D eigenvalue weighted by atomic mass is 9.81. The Kier molecular flexibility index (Phi) is 5.12. The smallest absolute Gasteiger partial charge is 0.178 e. The number of nitrogens with zero attached hydrogens (tertiary/aromatic N) is 1. The van der Waals surface area contributed by atoms with Crippen molar-refractivity contribution in [2.45, 2.75) is 43.1 Å². The third-order valence-corrected chi connectivity index (χ3v) is 6.83. The van der Waals surface area contributed by atoms with Crippen molar-refractivity contribution in [1.82, 2.24) is 4.98 Å². The second-order valence-corrected chi connectivity index (χ2v) is 9.26. The zero-order valence-electron chi connectivity index (χ0n) is 14.5. The van der Waals surface area contributed by atoms with E-state index in [2.05, 4.69) is 4.98 Å². The van der Waals surface area contributed by atoms with Crippen LogP contribution >= 0.6 is 0 Å². The summed E-state index contributed by atoms with van der Waals surface area (Å²) in [5.74, 6) is -1.51. The highest BCUT2D eigenvalue weighted by Gasteiger charge is 2.31. The normalized spacial score (nSPS) is 23.8. The number of halogens is 2. The topological polar surface area (TPSA) is 67.3 Å². The van der Waals surface area contributed by atoms with Crippen molar-refractivity contribution in [1.29, 1.82) is 0 Å². The summed E-state index contributed by atoms with van der Waals surface area (Å²) >= 11 is 0. The highest BCUT2D eigenvalue weighted by molar-refractivity contribution is 7.91. The minimum atomic E-state index is -3.47. The Hall–Kier alpha value is -1.86. The minimum Gasteiger partial charge on any atom is -0.390 e. The summed E-state index contributed by atoms with van der Waals surface area (Å²) in [7, 11) is -3.47. The number of aromatic nitrogens is 1. The van der Waals surface area contributed by atoms with Gasteiger partial charge in [-0.3, -0.25) is 4.98 Å². The van der Waals surface area contributed by atoms with Crippen LogP contribution in [0.25, 0.3) is 11.3 Å². The molecule has 1 N–H and O–H groups in total. The Morgan fingerprint density at radius 3 is 2.38 bits per heavy atom. The summed E-state index contributed by atoms with van der Waals surface area (Å²) in [6.45, 7) is 1.78. The van der Waals surface area contributed by atoms with E-state index in [1.807, 2.05) is 0 Å². The van der Waals surface area contributed by atoms with Crippen molar-refractivity contribution in [2.75, 3.05) is 5.75 Å². The van der Waals surface area contributed by atoms with E-state index in [-0.39, 0.29) is 22.3 Å². The summed E-state index contributed by atoms with van der Waals surface area (Å²) in [5, 5.41) is 9.98. The SMILES string of the molecule is CC1(O)CCC(CS(=O)(=O)c2ccc(-c3ncc(F)cc3F)cc2)CC1. The van der Waals surface area contributed by atoms with Crippen LogP contribution < -0.4 is 0 Å². The van der Waals surface area contributed by atoms with E-state index in [0.29, 0.717) is 31.2 Å². The summed E-state index contributed by atoms with van der Waals surface area (Å²) in [5.41, 5.74) is -0.339. The molecule has 0 saturated heterocycles. The Bertz CT molecular complexity index is 886. The van der Waals surface area contributed by atoms with Crippen LogP contribution in [0, 0.1) is 17.6 Å². The van der Waals surface area contributed by atoms with Gasteiger partial charge >= 0.3 is 0 Å². The van der Waals surface area contributed by atoms with Gasteiger partial charge in [-0.15, -0.1) is 0 Å². The molecule has 7 heteroatoms. The molecule has 0 aliphatic heterocycles. The lowest BCUT2D eigenvalue weighted by Gasteiger charge is -2.32. The van der Waals surface area contributed by atoms with Crippen LogP contribution in [-0.4, -0.2) is 29.9 Å². The van der Waals surface area contributed by atoms with Crippen molar-refractivity contribution < 1.29 is 22.3 Å². The average molecular weight is 381 g/mol. The standard InChI is InChI=1S/C19H21F2NO3S/c1-19(23)8-6-13(7-9-19)12-26(24,25)16-4-2-14(3-5-16)18-17(21)10-15(20)11-22-18/h2-5,10-11,13,23H,6-9,12H2,1H3. The van der Waals surface area contributed by atoms with Gasteiger partial charge in [0, 0.05) is 11.6 Å². The van der Waals surface area contributed by atoms with Crippen molar-refractivity contribution >= 4 is 9.84 Å². The van der Waals surface area contributed by atoms with E-state index in [1.54, 1.807) is 6.92 Å². The molecule has 4 nitrogen and oxygen atoms in total. The van der Waals surface area contributed by atoms with Crippen molar-refractivity contribution in [3.63, 3.8) is 0 Å². The van der Waals surface area contributed by atoms with E-state index in [9.17, 15) is 22.3 Å². The lowest BCUT2D eigenvalue weighted by Crippen LogP contribution is -2.32. The summed E-state index contributed by atoms with van der Waals surface area (Å²) in [4.78, 5) is 3.89. The quantitative estimate of drug-likeness (QED) is 0.876. The van der Waals surface area contributed by atoms with Gasteiger partial charge in [0.15, 0.2) is 15.7 Å². The number of hydrogen-bond acceptors (Lipinski definition) is 4. The molecule has 3 rings (SSSR count). The van der Waals surface area contributed by atoms with Crippen LogP contribution in [0.4, 0.5) is 8.78 Å². The van der Waals surface area contributed by atoms with E-state index >= 15 is 0 Å². The van der Waals surface area contributed by atoms with Gasteiger partial charge in [-0.05, 0) is 50.7 Å². The molecule has 1 heterocycles. The highest BCUT2D eigenvalue weighted by atomic mass is 32.2. The zero-order chi connectivity index (χ0) is 18.9. The highest BCUT2D eigenvalue weighted by Crippen LogP contribution is 2.33. The predicted molar refractivity (Wildman–Crippen MR) is 94.2 cm³/mol. The summed E-state index contributed by atoms with van der Waals surface area (Å²) < 4.78 is 52.0. The van der Waals surface area contributed by atoms with Gasteiger partial charge in [0.25, 0.3) is 0 Å². The second-order valence-electron chi connectivity index (χ2n) is 7.23. The molecule has 0 unspecified atom stereocenters. The first kappa shape index (κ1) is 18.9. The van der Waals surface area contributed by atoms with Crippen molar-refractivity contribution in [3.8, 4) is 11.3 Å². The number of pyridine rings is 1. The molecule has 1 aromatic carbocycles. The van der Waals surface area contributed by atoms with Crippen LogP contribution in [0.1, 0.15) is 32.6 Å². The van der Waals surface area contributed by atoms with Gasteiger partial charge in [-0.1, -0.05) is 12.1 Å². The fourth-order valence-electron chi connectivity index (χ4n) is 3.32. The molecule has 0 spiro atoms. The lowest BCUT2D eigenvalue weighted by molar-refractivity contribution is 0.0108. The van der Waals surface area contributed by atoms with Crippen molar-refractivity contribution in [3.05, 3.63) is 48.2 Å². The molecule has 2 aromatic rings. The first-order chi connectivity index (χ1) is 12.2. The molecule has 1 saturated carbocycles. The maximum atomic E-state index is 13.8. The Labute approximate surface area is 151 Å². The second kappa shape index (κ2) is 7.04. The summed E-state index contributed by atoms with van der Waals surface area (Å²) in [6, 6.07) is 6.54. The monoisotopic (exact) mass is 381 g/mol. The molecule has 0 radical (unpaired) electrons. The molecule has 1 aliphatic rings. The fraction of sp³-hybridized carbons (Fsp3) is 0.421. The number of hydrogen-bond donors (Lipinski definition) is 1. The Balaban J connectivity index is 1.75. The van der Waals surface area contributed by atoms with Gasteiger partial charge < -0.3 is 5.11 Å². The molecule has 0 amide bonds. The molecule has 1 aromatic heterocycles. The van der Waals surface area contributed by atoms with Crippen LogP contribution in [0.3, 0.4) is 0 Å². The first-order valence-corrected chi connectivity index (χ1v) is 10.2. The maximum absolute atomic E-state index is 13.8. The average Bonchev–Trinajstić information content (AvgIpc) is 2.57. The predicted octanol–water partition coefficient (Wildman–Crippen LogP) is 3.74. The van der Waals surface area contributed by atoms with Gasteiger partial charge in [-0.2, -0.15) is 0 Å². The van der Waals surface area contributed by atoms with Crippen LogP contribution in [0.5, 0.6) is 0 Å². The Morgan fingerprint density at radius 2 is 1.81 bits per heavy atom. The van der Waals surface area contributed by atoms with Crippen LogP contribution in [0.2, 0.25) is 0 Å². The molecular formula is C19H21F2NO3S.